The third-order valence-electron chi connectivity index (χ3n) is 2.44. The van der Waals surface area contributed by atoms with E-state index in [-0.39, 0.29) is 6.54 Å². The quantitative estimate of drug-likeness (QED) is 0.717. The first-order valence-corrected chi connectivity index (χ1v) is 5.43. The smallest absolute Gasteiger partial charge is 0.316 e. The normalized spacial score (nSPS) is 13.2. The summed E-state index contributed by atoms with van der Waals surface area (Å²) in [5.41, 5.74) is 4.53. The highest BCUT2D eigenvalue weighted by Crippen LogP contribution is 2.02. The maximum Gasteiger partial charge on any atom is 0.316 e. The van der Waals surface area contributed by atoms with Crippen LogP contribution < -0.4 is 16.4 Å². The fourth-order valence-corrected chi connectivity index (χ4v) is 1.28. The van der Waals surface area contributed by atoms with Crippen molar-refractivity contribution in [2.75, 3.05) is 13.2 Å². The molecular formula is C12H15FN4O. The highest BCUT2D eigenvalue weighted by Gasteiger charge is 2.30. The zero-order chi connectivity index (χ0) is 13.4. The van der Waals surface area contributed by atoms with Gasteiger partial charge in [0.25, 0.3) is 0 Å². The van der Waals surface area contributed by atoms with Gasteiger partial charge in [-0.25, -0.2) is 9.18 Å². The van der Waals surface area contributed by atoms with Crippen molar-refractivity contribution in [3.63, 3.8) is 0 Å². The molecule has 0 aliphatic carbocycles. The standard InChI is InChI=1S/C12H15FN4O/c13-7-12(8-14,9-15)17-11(18)16-6-10-4-2-1-3-5-10/h1-5H,6-8,14H2,(H2,16,17,18). The number of amides is 2. The van der Waals surface area contributed by atoms with Gasteiger partial charge in [-0.15, -0.1) is 0 Å². The molecule has 1 aromatic carbocycles. The van der Waals surface area contributed by atoms with E-state index >= 15 is 0 Å². The van der Waals surface area contributed by atoms with E-state index in [4.69, 9.17) is 11.0 Å². The number of hydrogen-bond acceptors (Lipinski definition) is 3. The number of carbonyl (C=O) groups is 1. The molecule has 1 atom stereocenters. The zero-order valence-corrected chi connectivity index (χ0v) is 9.82. The molecule has 1 aromatic rings. The minimum Gasteiger partial charge on any atom is -0.334 e. The number of nitrogens with zero attached hydrogens (tertiary/aromatic N) is 1. The number of alkyl halides is 1. The van der Waals surface area contributed by atoms with Crippen LogP contribution in [-0.4, -0.2) is 24.8 Å². The van der Waals surface area contributed by atoms with Gasteiger partial charge in [0, 0.05) is 13.1 Å². The Labute approximate surface area is 105 Å². The van der Waals surface area contributed by atoms with Crippen molar-refractivity contribution in [1.29, 1.82) is 5.26 Å². The number of carbonyl (C=O) groups excluding carboxylic acids is 1. The molecule has 1 rings (SSSR count). The van der Waals surface area contributed by atoms with Gasteiger partial charge in [-0.05, 0) is 5.56 Å². The maximum absolute atomic E-state index is 12.7. The van der Waals surface area contributed by atoms with Crippen LogP contribution in [0.25, 0.3) is 0 Å². The van der Waals surface area contributed by atoms with E-state index in [9.17, 15) is 9.18 Å². The summed E-state index contributed by atoms with van der Waals surface area (Å²) in [6, 6.07) is 10.3. The second-order valence-electron chi connectivity index (χ2n) is 3.82. The molecule has 4 N–H and O–H groups in total. The Morgan fingerprint density at radius 3 is 2.61 bits per heavy atom. The highest BCUT2D eigenvalue weighted by molar-refractivity contribution is 5.75. The molecule has 0 aliphatic rings. The minimum atomic E-state index is -1.65. The van der Waals surface area contributed by atoms with Crippen molar-refractivity contribution in [3.8, 4) is 6.07 Å². The fraction of sp³-hybridized carbons (Fsp3) is 0.333. The summed E-state index contributed by atoms with van der Waals surface area (Å²) in [4.78, 5) is 11.5. The van der Waals surface area contributed by atoms with E-state index in [0.29, 0.717) is 6.54 Å². The van der Waals surface area contributed by atoms with Gasteiger partial charge in [0.15, 0.2) is 5.54 Å². The summed E-state index contributed by atoms with van der Waals surface area (Å²) < 4.78 is 12.7. The SMILES string of the molecule is N#CC(CN)(CF)NC(=O)NCc1ccccc1. The van der Waals surface area contributed by atoms with Crippen LogP contribution >= 0.6 is 0 Å². The van der Waals surface area contributed by atoms with Gasteiger partial charge < -0.3 is 16.4 Å². The van der Waals surface area contributed by atoms with Crippen LogP contribution in [0.3, 0.4) is 0 Å². The van der Waals surface area contributed by atoms with E-state index in [1.807, 2.05) is 30.3 Å². The Bertz CT molecular complexity index is 425. The Morgan fingerprint density at radius 2 is 2.11 bits per heavy atom. The van der Waals surface area contributed by atoms with E-state index in [1.54, 1.807) is 6.07 Å². The van der Waals surface area contributed by atoms with Crippen molar-refractivity contribution in [3.05, 3.63) is 35.9 Å². The second-order valence-corrected chi connectivity index (χ2v) is 3.82. The van der Waals surface area contributed by atoms with Gasteiger partial charge >= 0.3 is 6.03 Å². The molecule has 5 nitrogen and oxygen atoms in total. The van der Waals surface area contributed by atoms with Crippen LogP contribution in [-0.2, 0) is 6.54 Å². The van der Waals surface area contributed by atoms with Gasteiger partial charge in [0.2, 0.25) is 0 Å². The molecule has 0 aromatic heterocycles. The number of benzene rings is 1. The molecule has 0 spiro atoms. The molecule has 96 valence electrons. The molecule has 0 heterocycles. The highest BCUT2D eigenvalue weighted by atomic mass is 19.1. The number of nitrogens with one attached hydrogen (secondary N) is 2. The second kappa shape index (κ2) is 6.57. The Kier molecular flexibility index (Phi) is 5.08. The van der Waals surface area contributed by atoms with Crippen LogP contribution in [0.2, 0.25) is 0 Å². The molecule has 0 bridgehead atoms. The van der Waals surface area contributed by atoms with E-state index in [2.05, 4.69) is 10.6 Å². The van der Waals surface area contributed by atoms with Gasteiger partial charge in [-0.1, -0.05) is 30.3 Å². The van der Waals surface area contributed by atoms with Crippen molar-refractivity contribution in [1.82, 2.24) is 10.6 Å². The van der Waals surface area contributed by atoms with Gasteiger partial charge in [0.1, 0.15) is 6.67 Å². The zero-order valence-electron chi connectivity index (χ0n) is 9.82. The summed E-state index contributed by atoms with van der Waals surface area (Å²) in [5, 5.41) is 13.6. The lowest BCUT2D eigenvalue weighted by Gasteiger charge is -2.22. The number of halogens is 1. The van der Waals surface area contributed by atoms with Crippen LogP contribution in [0, 0.1) is 11.3 Å². The molecule has 2 amide bonds. The first-order valence-electron chi connectivity index (χ1n) is 5.43. The van der Waals surface area contributed by atoms with Crippen LogP contribution in [0.1, 0.15) is 5.56 Å². The third kappa shape index (κ3) is 3.71. The predicted octanol–water partition coefficient (Wildman–Crippen LogP) is 0.676. The van der Waals surface area contributed by atoms with Crippen LogP contribution in [0.5, 0.6) is 0 Å². The van der Waals surface area contributed by atoms with E-state index in [1.165, 1.54) is 0 Å². The van der Waals surface area contributed by atoms with Gasteiger partial charge in [0.05, 0.1) is 6.07 Å². The average Bonchev–Trinajstić information content (AvgIpc) is 2.44. The van der Waals surface area contributed by atoms with Crippen molar-refractivity contribution in [2.24, 2.45) is 5.73 Å². The van der Waals surface area contributed by atoms with Gasteiger partial charge in [-0.3, -0.25) is 0 Å². The van der Waals surface area contributed by atoms with Gasteiger partial charge in [-0.2, -0.15) is 5.26 Å². The van der Waals surface area contributed by atoms with Crippen LogP contribution in [0.4, 0.5) is 9.18 Å². The lowest BCUT2D eigenvalue weighted by molar-refractivity contribution is 0.225. The molecular weight excluding hydrogens is 235 g/mol. The summed E-state index contributed by atoms with van der Waals surface area (Å²) in [7, 11) is 0. The molecule has 0 saturated heterocycles. The third-order valence-corrected chi connectivity index (χ3v) is 2.44. The monoisotopic (exact) mass is 250 g/mol. The van der Waals surface area contributed by atoms with E-state index in [0.717, 1.165) is 5.56 Å². The Morgan fingerprint density at radius 1 is 1.44 bits per heavy atom. The number of nitrogens with two attached hydrogens (primary N) is 1. The Balaban J connectivity index is 2.50. The summed E-state index contributed by atoms with van der Waals surface area (Å²) in [6.45, 7) is -1.01. The fourth-order valence-electron chi connectivity index (χ4n) is 1.28. The molecule has 0 aliphatic heterocycles. The molecule has 0 radical (unpaired) electrons. The van der Waals surface area contributed by atoms with Crippen molar-refractivity contribution >= 4 is 6.03 Å². The molecule has 6 heteroatoms. The molecule has 0 saturated carbocycles. The first kappa shape index (κ1) is 13.9. The molecule has 0 fully saturated rings. The van der Waals surface area contributed by atoms with E-state index < -0.39 is 18.2 Å². The Hall–Kier alpha value is -2.13. The first-order chi connectivity index (χ1) is 8.65. The predicted molar refractivity (Wildman–Crippen MR) is 65.2 cm³/mol. The lowest BCUT2D eigenvalue weighted by Crippen LogP contribution is -2.57. The molecule has 1 unspecified atom stereocenters. The lowest BCUT2D eigenvalue weighted by atomic mass is 10.1. The maximum atomic E-state index is 12.7. The summed E-state index contributed by atoms with van der Waals surface area (Å²) in [6.07, 6.45) is 0. The number of hydrogen-bond donors (Lipinski definition) is 3. The van der Waals surface area contributed by atoms with Crippen molar-refractivity contribution < 1.29 is 9.18 Å². The number of urea groups is 1. The number of rotatable bonds is 5. The number of nitriles is 1. The average molecular weight is 250 g/mol. The topological polar surface area (TPSA) is 90.9 Å². The van der Waals surface area contributed by atoms with Crippen molar-refractivity contribution in [2.45, 2.75) is 12.1 Å². The molecule has 18 heavy (non-hydrogen) atoms. The summed E-state index contributed by atoms with van der Waals surface area (Å²) >= 11 is 0. The largest absolute Gasteiger partial charge is 0.334 e. The minimum absolute atomic E-state index is 0.279. The van der Waals surface area contributed by atoms with Crippen LogP contribution in [0.15, 0.2) is 30.3 Å². The summed E-state index contributed by atoms with van der Waals surface area (Å²) in [5.74, 6) is 0.